The number of sulfonamides is 1. The van der Waals surface area contributed by atoms with E-state index in [2.05, 4.69) is 4.72 Å². The minimum atomic E-state index is -4.05. The highest BCUT2D eigenvalue weighted by Crippen LogP contribution is 2.24. The summed E-state index contributed by atoms with van der Waals surface area (Å²) in [5, 5.41) is 0. The standard InChI is InChI=1S/C14H14F2N2O2S/c1-9-5-6-10(15)7-13(9)18-21(19,20)14-4-2-3-12(16)11(14)8-17/h2-7,18H,8,17H2,1H3. The molecular formula is C14H14F2N2O2S. The molecule has 21 heavy (non-hydrogen) atoms. The second-order valence-electron chi connectivity index (χ2n) is 4.49. The van der Waals surface area contributed by atoms with Crippen molar-refractivity contribution in [1.82, 2.24) is 0 Å². The van der Waals surface area contributed by atoms with E-state index in [1.54, 1.807) is 6.92 Å². The summed E-state index contributed by atoms with van der Waals surface area (Å²) in [6, 6.07) is 7.40. The van der Waals surface area contributed by atoms with Gasteiger partial charge in [0.25, 0.3) is 10.0 Å². The van der Waals surface area contributed by atoms with E-state index in [0.29, 0.717) is 5.56 Å². The van der Waals surface area contributed by atoms with E-state index in [9.17, 15) is 17.2 Å². The third-order valence-electron chi connectivity index (χ3n) is 3.01. The van der Waals surface area contributed by atoms with Gasteiger partial charge in [0.2, 0.25) is 0 Å². The van der Waals surface area contributed by atoms with E-state index >= 15 is 0 Å². The molecule has 2 rings (SSSR count). The lowest BCUT2D eigenvalue weighted by atomic mass is 10.2. The molecule has 0 radical (unpaired) electrons. The molecule has 0 fully saturated rings. The van der Waals surface area contributed by atoms with E-state index in [-0.39, 0.29) is 22.7 Å². The summed E-state index contributed by atoms with van der Waals surface area (Å²) in [7, 11) is -4.05. The highest BCUT2D eigenvalue weighted by Gasteiger charge is 2.21. The molecule has 0 aliphatic carbocycles. The van der Waals surface area contributed by atoms with E-state index in [0.717, 1.165) is 12.1 Å². The van der Waals surface area contributed by atoms with Crippen LogP contribution in [0.4, 0.5) is 14.5 Å². The fourth-order valence-corrected chi connectivity index (χ4v) is 3.27. The smallest absolute Gasteiger partial charge is 0.262 e. The molecule has 112 valence electrons. The van der Waals surface area contributed by atoms with Crippen LogP contribution in [0.5, 0.6) is 0 Å². The molecule has 0 spiro atoms. The molecule has 0 saturated carbocycles. The molecule has 7 heteroatoms. The van der Waals surface area contributed by atoms with Gasteiger partial charge in [-0.1, -0.05) is 12.1 Å². The monoisotopic (exact) mass is 312 g/mol. The van der Waals surface area contributed by atoms with Crippen LogP contribution in [0, 0.1) is 18.6 Å². The van der Waals surface area contributed by atoms with Crippen molar-refractivity contribution in [2.75, 3.05) is 4.72 Å². The number of aryl methyl sites for hydroxylation is 1. The van der Waals surface area contributed by atoms with Gasteiger partial charge >= 0.3 is 0 Å². The van der Waals surface area contributed by atoms with Gasteiger partial charge in [0.05, 0.1) is 10.6 Å². The average Bonchev–Trinajstić information content (AvgIpc) is 2.42. The minimum absolute atomic E-state index is 0.0993. The number of nitrogens with two attached hydrogens (primary N) is 1. The van der Waals surface area contributed by atoms with Gasteiger partial charge in [-0.3, -0.25) is 4.72 Å². The first kappa shape index (κ1) is 15.4. The zero-order valence-electron chi connectivity index (χ0n) is 11.2. The van der Waals surface area contributed by atoms with Crippen LogP contribution >= 0.6 is 0 Å². The fraction of sp³-hybridized carbons (Fsp3) is 0.143. The van der Waals surface area contributed by atoms with Gasteiger partial charge in [-0.15, -0.1) is 0 Å². The van der Waals surface area contributed by atoms with Crippen LogP contribution < -0.4 is 10.5 Å². The Kier molecular flexibility index (Phi) is 4.24. The number of halogens is 2. The molecule has 4 nitrogen and oxygen atoms in total. The lowest BCUT2D eigenvalue weighted by molar-refractivity contribution is 0.585. The van der Waals surface area contributed by atoms with Crippen molar-refractivity contribution in [3.8, 4) is 0 Å². The highest BCUT2D eigenvalue weighted by atomic mass is 32.2. The van der Waals surface area contributed by atoms with Crippen molar-refractivity contribution in [1.29, 1.82) is 0 Å². The summed E-state index contributed by atoms with van der Waals surface area (Å²) in [5.41, 5.74) is 5.94. The number of anilines is 1. The molecule has 0 unspecified atom stereocenters. The molecule has 0 heterocycles. The Bertz CT molecular complexity index is 777. The van der Waals surface area contributed by atoms with E-state index in [4.69, 9.17) is 5.73 Å². The highest BCUT2D eigenvalue weighted by molar-refractivity contribution is 7.92. The summed E-state index contributed by atoms with van der Waals surface area (Å²) < 4.78 is 53.8. The Labute approximate surface area is 121 Å². The van der Waals surface area contributed by atoms with Crippen LogP contribution in [0.15, 0.2) is 41.3 Å². The van der Waals surface area contributed by atoms with Gasteiger partial charge in [0, 0.05) is 12.1 Å². The first-order valence-electron chi connectivity index (χ1n) is 6.11. The molecule has 0 amide bonds. The van der Waals surface area contributed by atoms with Crippen molar-refractivity contribution in [3.05, 3.63) is 59.2 Å². The number of nitrogens with one attached hydrogen (secondary N) is 1. The van der Waals surface area contributed by atoms with Crippen molar-refractivity contribution < 1.29 is 17.2 Å². The molecule has 0 atom stereocenters. The zero-order chi connectivity index (χ0) is 15.6. The Morgan fingerprint density at radius 3 is 2.57 bits per heavy atom. The fourth-order valence-electron chi connectivity index (χ4n) is 1.89. The lowest BCUT2D eigenvalue weighted by Crippen LogP contribution is -2.18. The maximum Gasteiger partial charge on any atom is 0.262 e. The molecule has 0 aromatic heterocycles. The Balaban J connectivity index is 2.48. The van der Waals surface area contributed by atoms with Gasteiger partial charge < -0.3 is 5.73 Å². The molecule has 0 bridgehead atoms. The molecular weight excluding hydrogens is 298 g/mol. The minimum Gasteiger partial charge on any atom is -0.326 e. The average molecular weight is 312 g/mol. The van der Waals surface area contributed by atoms with Crippen molar-refractivity contribution >= 4 is 15.7 Å². The van der Waals surface area contributed by atoms with Gasteiger partial charge in [0.15, 0.2) is 0 Å². The largest absolute Gasteiger partial charge is 0.326 e. The van der Waals surface area contributed by atoms with Gasteiger partial charge in [-0.2, -0.15) is 0 Å². The second-order valence-corrected chi connectivity index (χ2v) is 6.14. The Morgan fingerprint density at radius 2 is 1.90 bits per heavy atom. The molecule has 0 aliphatic rings. The van der Waals surface area contributed by atoms with Crippen LogP contribution in [0.3, 0.4) is 0 Å². The van der Waals surface area contributed by atoms with Crippen molar-refractivity contribution in [3.63, 3.8) is 0 Å². The molecule has 2 aromatic rings. The predicted molar refractivity (Wildman–Crippen MR) is 76.2 cm³/mol. The molecule has 0 aliphatic heterocycles. The number of hydrogen-bond acceptors (Lipinski definition) is 3. The first-order valence-corrected chi connectivity index (χ1v) is 7.60. The molecule has 2 aromatic carbocycles. The van der Waals surface area contributed by atoms with Gasteiger partial charge in [0.1, 0.15) is 11.6 Å². The SMILES string of the molecule is Cc1ccc(F)cc1NS(=O)(=O)c1cccc(F)c1CN. The van der Waals surface area contributed by atoms with Crippen LogP contribution in [-0.4, -0.2) is 8.42 Å². The molecule has 0 saturated heterocycles. The summed E-state index contributed by atoms with van der Waals surface area (Å²) in [5.74, 6) is -1.27. The van der Waals surface area contributed by atoms with Crippen molar-refractivity contribution in [2.24, 2.45) is 5.73 Å². The van der Waals surface area contributed by atoms with Crippen LogP contribution in [-0.2, 0) is 16.6 Å². The zero-order valence-corrected chi connectivity index (χ0v) is 12.0. The number of rotatable bonds is 4. The quantitative estimate of drug-likeness (QED) is 0.911. The Hall–Kier alpha value is -1.99. The summed E-state index contributed by atoms with van der Waals surface area (Å²) in [4.78, 5) is -0.256. The summed E-state index contributed by atoms with van der Waals surface area (Å²) in [6.45, 7) is 1.37. The maximum absolute atomic E-state index is 13.6. The summed E-state index contributed by atoms with van der Waals surface area (Å²) >= 11 is 0. The third kappa shape index (κ3) is 3.20. The predicted octanol–water partition coefficient (Wildman–Crippen LogP) is 2.53. The third-order valence-corrected chi connectivity index (χ3v) is 4.46. The second kappa shape index (κ2) is 5.79. The molecule has 3 N–H and O–H groups in total. The number of hydrogen-bond donors (Lipinski definition) is 2. The number of benzene rings is 2. The van der Waals surface area contributed by atoms with Crippen LogP contribution in [0.25, 0.3) is 0 Å². The van der Waals surface area contributed by atoms with Crippen LogP contribution in [0.2, 0.25) is 0 Å². The van der Waals surface area contributed by atoms with E-state index in [1.165, 1.54) is 24.3 Å². The van der Waals surface area contributed by atoms with E-state index < -0.39 is 21.7 Å². The van der Waals surface area contributed by atoms with E-state index in [1.807, 2.05) is 0 Å². The topological polar surface area (TPSA) is 72.2 Å². The van der Waals surface area contributed by atoms with Gasteiger partial charge in [-0.05, 0) is 36.8 Å². The van der Waals surface area contributed by atoms with Crippen molar-refractivity contribution in [2.45, 2.75) is 18.4 Å². The Morgan fingerprint density at radius 1 is 1.19 bits per heavy atom. The maximum atomic E-state index is 13.6. The van der Waals surface area contributed by atoms with Gasteiger partial charge in [-0.25, -0.2) is 17.2 Å². The first-order chi connectivity index (χ1) is 9.85. The lowest BCUT2D eigenvalue weighted by Gasteiger charge is -2.13. The summed E-state index contributed by atoms with van der Waals surface area (Å²) in [6.07, 6.45) is 0. The normalized spacial score (nSPS) is 11.4. The van der Waals surface area contributed by atoms with Crippen LogP contribution in [0.1, 0.15) is 11.1 Å².